The van der Waals surface area contributed by atoms with Gasteiger partial charge in [0.15, 0.2) is 6.19 Å². The molecule has 2 heterocycles. The summed E-state index contributed by atoms with van der Waals surface area (Å²) in [5.74, 6) is -1.23. The van der Waals surface area contributed by atoms with Crippen molar-refractivity contribution in [1.29, 1.82) is 5.26 Å². The Balaban J connectivity index is 1.85. The number of benzene rings is 1. The first-order valence-electron chi connectivity index (χ1n) is 9.21. The molecule has 0 saturated carbocycles. The molecule has 1 unspecified atom stereocenters. The quantitative estimate of drug-likeness (QED) is 0.461. The van der Waals surface area contributed by atoms with Gasteiger partial charge in [0.05, 0.1) is 22.7 Å². The number of likely N-dealkylation sites (N-methyl/N-ethyl adjacent to an activating group) is 1. The third kappa shape index (κ3) is 4.93. The first kappa shape index (κ1) is 24.8. The van der Waals surface area contributed by atoms with E-state index in [-0.39, 0.29) is 26.2 Å². The Morgan fingerprint density at radius 1 is 1.30 bits per heavy atom. The minimum atomic E-state index is -4.84. The molecule has 2 amide bonds. The number of hydrogen-bond donors (Lipinski definition) is 1. The fourth-order valence-corrected chi connectivity index (χ4v) is 4.68. The van der Waals surface area contributed by atoms with Crippen molar-refractivity contribution in [2.45, 2.75) is 25.1 Å². The lowest BCUT2D eigenvalue weighted by Crippen LogP contribution is -2.42. The molecular formula is C20H15Cl2F3N4O3S. The molecule has 0 spiro atoms. The Hall–Kier alpha value is -2.81. The number of aryl methyl sites for hydroxylation is 1. The van der Waals surface area contributed by atoms with Crippen molar-refractivity contribution < 1.29 is 27.6 Å². The Morgan fingerprint density at radius 2 is 1.94 bits per heavy atom. The molecular weight excluding hydrogens is 504 g/mol. The fourth-order valence-electron chi connectivity index (χ4n) is 3.08. The molecule has 3 rings (SSSR count). The van der Waals surface area contributed by atoms with Crippen LogP contribution in [0.4, 0.5) is 13.2 Å². The van der Waals surface area contributed by atoms with Gasteiger partial charge in [-0.3, -0.25) is 14.5 Å². The maximum absolute atomic E-state index is 14.1. The van der Waals surface area contributed by atoms with E-state index in [0.717, 1.165) is 28.4 Å². The van der Waals surface area contributed by atoms with Crippen molar-refractivity contribution in [2.75, 3.05) is 13.6 Å². The molecule has 0 fully saturated rings. The van der Waals surface area contributed by atoms with Gasteiger partial charge in [0, 0.05) is 22.7 Å². The Morgan fingerprint density at radius 3 is 2.52 bits per heavy atom. The van der Waals surface area contributed by atoms with E-state index in [2.05, 4.69) is 10.5 Å². The van der Waals surface area contributed by atoms with Crippen LogP contribution < -0.4 is 5.32 Å². The predicted octanol–water partition coefficient (Wildman–Crippen LogP) is 4.61. The molecule has 1 aromatic heterocycles. The number of nitrogens with zero attached hydrogens (tertiary/aromatic N) is 3. The molecule has 0 saturated heterocycles. The van der Waals surface area contributed by atoms with E-state index in [1.807, 2.05) is 0 Å². The second-order valence-electron chi connectivity index (χ2n) is 7.15. The number of hydrogen-bond acceptors (Lipinski definition) is 6. The number of oxime groups is 1. The van der Waals surface area contributed by atoms with Gasteiger partial charge >= 0.3 is 6.18 Å². The third-order valence-electron chi connectivity index (χ3n) is 4.85. The number of carbonyl (C=O) groups is 2. The molecule has 1 N–H and O–H groups in total. The maximum atomic E-state index is 14.1. The fraction of sp³-hybridized carbons (Fsp3) is 0.300. The zero-order chi connectivity index (χ0) is 24.6. The lowest BCUT2D eigenvalue weighted by Gasteiger charge is -2.29. The van der Waals surface area contributed by atoms with Crippen LogP contribution in [-0.4, -0.2) is 42.2 Å². The SMILES string of the molecule is Cc1cc(C2=NOC(c3cc(Cl)cc(Cl)c3)(C(F)(F)F)C2)sc1C(=O)NCC(=O)N(C)C#N. The van der Waals surface area contributed by atoms with Gasteiger partial charge in [-0.1, -0.05) is 28.4 Å². The zero-order valence-corrected chi connectivity index (χ0v) is 19.4. The monoisotopic (exact) mass is 518 g/mol. The van der Waals surface area contributed by atoms with Crippen LogP contribution in [0.5, 0.6) is 0 Å². The van der Waals surface area contributed by atoms with Crippen LogP contribution in [0.1, 0.15) is 32.1 Å². The molecule has 1 atom stereocenters. The Kier molecular flexibility index (Phi) is 6.93. The van der Waals surface area contributed by atoms with Gasteiger partial charge in [-0.25, -0.2) is 0 Å². The maximum Gasteiger partial charge on any atom is 0.435 e. The summed E-state index contributed by atoms with van der Waals surface area (Å²) in [6, 6.07) is 5.06. The molecule has 0 aliphatic carbocycles. The second-order valence-corrected chi connectivity index (χ2v) is 9.07. The summed E-state index contributed by atoms with van der Waals surface area (Å²) in [5.41, 5.74) is -2.61. The van der Waals surface area contributed by atoms with E-state index < -0.39 is 36.6 Å². The summed E-state index contributed by atoms with van der Waals surface area (Å²) < 4.78 is 42.4. The van der Waals surface area contributed by atoms with Crippen LogP contribution in [0.3, 0.4) is 0 Å². The minimum Gasteiger partial charge on any atom is -0.374 e. The van der Waals surface area contributed by atoms with Gasteiger partial charge in [-0.05, 0) is 36.8 Å². The highest BCUT2D eigenvalue weighted by Gasteiger charge is 2.62. The second kappa shape index (κ2) is 9.21. The van der Waals surface area contributed by atoms with Gasteiger partial charge in [-0.2, -0.15) is 18.4 Å². The van der Waals surface area contributed by atoms with E-state index in [0.29, 0.717) is 10.4 Å². The number of alkyl halides is 3. The first-order valence-corrected chi connectivity index (χ1v) is 10.8. The van der Waals surface area contributed by atoms with E-state index in [1.165, 1.54) is 19.2 Å². The molecule has 0 bridgehead atoms. The van der Waals surface area contributed by atoms with Crippen LogP contribution in [0.25, 0.3) is 0 Å². The molecule has 7 nitrogen and oxygen atoms in total. The van der Waals surface area contributed by atoms with Crippen molar-refractivity contribution in [3.63, 3.8) is 0 Å². The highest BCUT2D eigenvalue weighted by atomic mass is 35.5. The number of nitriles is 1. The highest BCUT2D eigenvalue weighted by molar-refractivity contribution is 7.16. The average Bonchev–Trinajstić information content (AvgIpc) is 3.35. The Bertz CT molecular complexity index is 1170. The van der Waals surface area contributed by atoms with Crippen LogP contribution in [0, 0.1) is 18.4 Å². The largest absolute Gasteiger partial charge is 0.435 e. The molecule has 13 heteroatoms. The lowest BCUT2D eigenvalue weighted by atomic mass is 9.88. The number of nitrogens with one attached hydrogen (secondary N) is 1. The third-order valence-corrected chi connectivity index (χ3v) is 6.57. The minimum absolute atomic E-state index is 0.00383. The van der Waals surface area contributed by atoms with Gasteiger partial charge in [0.2, 0.25) is 0 Å². The number of amides is 2. The summed E-state index contributed by atoms with van der Waals surface area (Å²) >= 11 is 12.7. The molecule has 1 aliphatic rings. The van der Waals surface area contributed by atoms with Crippen molar-refractivity contribution in [3.8, 4) is 6.19 Å². The van der Waals surface area contributed by atoms with Crippen LogP contribution in [-0.2, 0) is 15.2 Å². The molecule has 1 aliphatic heterocycles. The molecule has 2 aromatic rings. The summed E-state index contributed by atoms with van der Waals surface area (Å²) in [5, 5.41) is 14.8. The molecule has 1 aromatic carbocycles. The normalized spacial score (nSPS) is 17.7. The highest BCUT2D eigenvalue weighted by Crippen LogP contribution is 2.50. The van der Waals surface area contributed by atoms with Gasteiger partial charge in [-0.15, -0.1) is 11.3 Å². The number of halogens is 5. The van der Waals surface area contributed by atoms with Gasteiger partial charge in [0.25, 0.3) is 17.4 Å². The van der Waals surface area contributed by atoms with Crippen LogP contribution in [0.15, 0.2) is 29.4 Å². The van der Waals surface area contributed by atoms with E-state index in [4.69, 9.17) is 33.3 Å². The topological polar surface area (TPSA) is 94.8 Å². The lowest BCUT2D eigenvalue weighted by molar-refractivity contribution is -0.275. The summed E-state index contributed by atoms with van der Waals surface area (Å²) in [7, 11) is 1.25. The van der Waals surface area contributed by atoms with Crippen molar-refractivity contribution in [2.24, 2.45) is 5.16 Å². The Labute approximate surface area is 200 Å². The van der Waals surface area contributed by atoms with Crippen molar-refractivity contribution in [1.82, 2.24) is 10.2 Å². The standard InChI is InChI=1S/C20H15Cl2F3N4O3S/c1-10-3-15(33-17(10)18(31)27-8-16(30)29(2)9-26)14-7-19(32-28-14,20(23,24)25)11-4-12(21)6-13(22)5-11/h3-6H,7-8H2,1-2H3,(H,27,31). The van der Waals surface area contributed by atoms with E-state index in [9.17, 15) is 22.8 Å². The number of thiophene rings is 1. The number of carbonyl (C=O) groups excluding carboxylic acids is 2. The zero-order valence-electron chi connectivity index (χ0n) is 17.1. The summed E-state index contributed by atoms with van der Waals surface area (Å²) in [6.07, 6.45) is -3.88. The van der Waals surface area contributed by atoms with Crippen LogP contribution in [0.2, 0.25) is 10.0 Å². The molecule has 33 heavy (non-hydrogen) atoms. The van der Waals surface area contributed by atoms with Crippen molar-refractivity contribution in [3.05, 3.63) is 55.2 Å². The van der Waals surface area contributed by atoms with Crippen molar-refractivity contribution >= 4 is 52.1 Å². The molecule has 0 radical (unpaired) electrons. The van der Waals surface area contributed by atoms with E-state index in [1.54, 1.807) is 13.1 Å². The molecule has 174 valence electrons. The summed E-state index contributed by atoms with van der Waals surface area (Å²) in [4.78, 5) is 30.4. The predicted molar refractivity (Wildman–Crippen MR) is 116 cm³/mol. The van der Waals surface area contributed by atoms with Crippen LogP contribution >= 0.6 is 34.5 Å². The first-order chi connectivity index (χ1) is 15.4. The number of rotatable bonds is 5. The van der Waals surface area contributed by atoms with Gasteiger partial charge in [0.1, 0.15) is 5.71 Å². The summed E-state index contributed by atoms with van der Waals surface area (Å²) in [6.45, 7) is 1.19. The van der Waals surface area contributed by atoms with Gasteiger partial charge < -0.3 is 10.2 Å². The average molecular weight is 519 g/mol. The van der Waals surface area contributed by atoms with E-state index >= 15 is 0 Å². The smallest absolute Gasteiger partial charge is 0.374 e.